The molecule has 3 rings (SSSR count). The van der Waals surface area contributed by atoms with Gasteiger partial charge in [-0.05, 0) is 36.5 Å². The molecule has 1 atom stereocenters. The van der Waals surface area contributed by atoms with E-state index >= 15 is 0 Å². The molecule has 1 N–H and O–H groups in total. The van der Waals surface area contributed by atoms with Gasteiger partial charge in [-0.15, -0.1) is 0 Å². The van der Waals surface area contributed by atoms with Crippen LogP contribution in [0, 0.1) is 0 Å². The van der Waals surface area contributed by atoms with E-state index in [-0.39, 0.29) is 12.3 Å². The maximum atomic E-state index is 12.6. The summed E-state index contributed by atoms with van der Waals surface area (Å²) in [5.74, 6) is -1.86. The van der Waals surface area contributed by atoms with Crippen molar-refractivity contribution in [3.05, 3.63) is 35.4 Å². The molecule has 1 aromatic carbocycles. The lowest BCUT2D eigenvalue weighted by Crippen LogP contribution is -2.54. The molecule has 1 saturated carbocycles. The molecule has 1 amide bonds. The summed E-state index contributed by atoms with van der Waals surface area (Å²) >= 11 is 0. The molecule has 1 saturated heterocycles. The fraction of sp³-hybridized carbons (Fsp3) is 0.500. The van der Waals surface area contributed by atoms with Crippen molar-refractivity contribution in [1.29, 1.82) is 0 Å². The van der Waals surface area contributed by atoms with Gasteiger partial charge in [0.15, 0.2) is 9.84 Å². The van der Waals surface area contributed by atoms with Gasteiger partial charge < -0.3 is 10.0 Å². The molecule has 1 aromatic rings. The molecule has 0 aromatic heterocycles. The average Bonchev–Trinajstić information content (AvgIpc) is 2.44. The number of amides is 1. The number of nitrogens with zero attached hydrogens (tertiary/aromatic N) is 1. The van der Waals surface area contributed by atoms with E-state index in [4.69, 9.17) is 0 Å². The van der Waals surface area contributed by atoms with Crippen LogP contribution in [0.2, 0.25) is 0 Å². The molecular weight excluding hydrogens is 318 g/mol. The number of carbonyl (C=O) groups excluding carboxylic acids is 1. The standard InChI is InChI=1S/C16H19NO5S/c18-15(13-6-4-12(5-7-13)11-2-1-3-11)17-8-9-23(21,22)10-14(17)16(19)20/h4-7,11,14H,1-3,8-10H2,(H,19,20). The molecule has 1 aliphatic carbocycles. The van der Waals surface area contributed by atoms with Crippen LogP contribution >= 0.6 is 0 Å². The highest BCUT2D eigenvalue weighted by molar-refractivity contribution is 7.91. The minimum absolute atomic E-state index is 0.0808. The molecule has 2 fully saturated rings. The maximum Gasteiger partial charge on any atom is 0.327 e. The largest absolute Gasteiger partial charge is 0.480 e. The highest BCUT2D eigenvalue weighted by Crippen LogP contribution is 2.36. The predicted octanol–water partition coefficient (Wildman–Crippen LogP) is 1.28. The second kappa shape index (κ2) is 5.96. The van der Waals surface area contributed by atoms with Gasteiger partial charge >= 0.3 is 5.97 Å². The van der Waals surface area contributed by atoms with Crippen molar-refractivity contribution >= 4 is 21.7 Å². The Morgan fingerprint density at radius 3 is 2.30 bits per heavy atom. The van der Waals surface area contributed by atoms with Crippen molar-refractivity contribution in [2.24, 2.45) is 0 Å². The Bertz CT molecular complexity index is 721. The van der Waals surface area contributed by atoms with Gasteiger partial charge in [0, 0.05) is 12.1 Å². The van der Waals surface area contributed by atoms with Crippen molar-refractivity contribution in [2.45, 2.75) is 31.2 Å². The van der Waals surface area contributed by atoms with Crippen molar-refractivity contribution in [1.82, 2.24) is 4.90 Å². The van der Waals surface area contributed by atoms with Crippen LogP contribution < -0.4 is 0 Å². The van der Waals surface area contributed by atoms with E-state index in [1.807, 2.05) is 12.1 Å². The van der Waals surface area contributed by atoms with Crippen molar-refractivity contribution < 1.29 is 23.1 Å². The van der Waals surface area contributed by atoms with Crippen LogP contribution in [0.4, 0.5) is 0 Å². The zero-order valence-electron chi connectivity index (χ0n) is 12.6. The lowest BCUT2D eigenvalue weighted by Gasteiger charge is -2.33. The molecule has 1 aliphatic heterocycles. The molecular formula is C16H19NO5S. The summed E-state index contributed by atoms with van der Waals surface area (Å²) < 4.78 is 23.3. The molecule has 124 valence electrons. The van der Waals surface area contributed by atoms with E-state index in [1.165, 1.54) is 24.8 Å². The average molecular weight is 337 g/mol. The van der Waals surface area contributed by atoms with Crippen LogP contribution in [0.15, 0.2) is 24.3 Å². The molecule has 7 heteroatoms. The number of rotatable bonds is 3. The number of hydrogen-bond donors (Lipinski definition) is 1. The first-order chi connectivity index (χ1) is 10.9. The molecule has 0 bridgehead atoms. The Morgan fingerprint density at radius 2 is 1.78 bits per heavy atom. The number of aliphatic carboxylic acids is 1. The van der Waals surface area contributed by atoms with Crippen LogP contribution in [0.5, 0.6) is 0 Å². The van der Waals surface area contributed by atoms with Gasteiger partial charge in [-0.1, -0.05) is 18.6 Å². The molecule has 0 radical (unpaired) electrons. The van der Waals surface area contributed by atoms with Crippen molar-refractivity contribution in [3.8, 4) is 0 Å². The number of hydrogen-bond acceptors (Lipinski definition) is 4. The summed E-state index contributed by atoms with van der Waals surface area (Å²) in [6, 6.07) is 5.92. The SMILES string of the molecule is O=C(O)C1CS(=O)(=O)CCN1C(=O)c1ccc(C2CCC2)cc1. The molecule has 1 unspecified atom stereocenters. The monoisotopic (exact) mass is 337 g/mol. The molecule has 6 nitrogen and oxygen atoms in total. The van der Waals surface area contributed by atoms with Gasteiger partial charge in [0.2, 0.25) is 0 Å². The number of benzene rings is 1. The van der Waals surface area contributed by atoms with Gasteiger partial charge in [0.25, 0.3) is 5.91 Å². The third-order valence-corrected chi connectivity index (χ3v) is 6.34. The van der Waals surface area contributed by atoms with Crippen LogP contribution in [0.25, 0.3) is 0 Å². The normalized spacial score (nSPS) is 24.0. The number of sulfone groups is 1. The van der Waals surface area contributed by atoms with Gasteiger partial charge in [-0.3, -0.25) is 4.79 Å². The Hall–Kier alpha value is -1.89. The first-order valence-electron chi connectivity index (χ1n) is 7.71. The van der Waals surface area contributed by atoms with Gasteiger partial charge in [-0.2, -0.15) is 0 Å². The highest BCUT2D eigenvalue weighted by atomic mass is 32.2. The van der Waals surface area contributed by atoms with Crippen LogP contribution in [0.3, 0.4) is 0 Å². The summed E-state index contributed by atoms with van der Waals surface area (Å²) in [4.78, 5) is 25.0. The first-order valence-corrected chi connectivity index (χ1v) is 9.54. The topological polar surface area (TPSA) is 91.8 Å². The first kappa shape index (κ1) is 16.0. The number of carboxylic acid groups (broad SMARTS) is 1. The van der Waals surface area contributed by atoms with Crippen molar-refractivity contribution in [2.75, 3.05) is 18.1 Å². The zero-order chi connectivity index (χ0) is 16.6. The fourth-order valence-corrected chi connectivity index (χ4v) is 4.51. The molecule has 1 heterocycles. The summed E-state index contributed by atoms with van der Waals surface area (Å²) in [5.41, 5.74) is 1.60. The Balaban J connectivity index is 1.79. The second-order valence-electron chi connectivity index (χ2n) is 6.22. The third kappa shape index (κ3) is 3.24. The molecule has 0 spiro atoms. The van der Waals surface area contributed by atoms with E-state index in [9.17, 15) is 23.1 Å². The Kier molecular flexibility index (Phi) is 4.14. The van der Waals surface area contributed by atoms with E-state index < -0.39 is 33.5 Å². The van der Waals surface area contributed by atoms with E-state index in [2.05, 4.69) is 0 Å². The predicted molar refractivity (Wildman–Crippen MR) is 84.1 cm³/mol. The smallest absolute Gasteiger partial charge is 0.327 e. The fourth-order valence-electron chi connectivity index (χ4n) is 3.06. The second-order valence-corrected chi connectivity index (χ2v) is 8.45. The Labute approximate surface area is 135 Å². The Morgan fingerprint density at radius 1 is 1.13 bits per heavy atom. The number of carboxylic acids is 1. The van der Waals surface area contributed by atoms with E-state index in [0.717, 1.165) is 4.90 Å². The van der Waals surface area contributed by atoms with Crippen LogP contribution in [0.1, 0.15) is 41.1 Å². The summed E-state index contributed by atoms with van der Waals surface area (Å²) in [5, 5.41) is 9.23. The molecule has 2 aliphatic rings. The van der Waals surface area contributed by atoms with Gasteiger partial charge in [-0.25, -0.2) is 13.2 Å². The molecule has 23 heavy (non-hydrogen) atoms. The van der Waals surface area contributed by atoms with E-state index in [0.29, 0.717) is 11.5 Å². The number of carbonyl (C=O) groups is 2. The summed E-state index contributed by atoms with van der Waals surface area (Å²) in [6.45, 7) is -0.0808. The van der Waals surface area contributed by atoms with E-state index in [1.54, 1.807) is 12.1 Å². The van der Waals surface area contributed by atoms with Gasteiger partial charge in [0.1, 0.15) is 6.04 Å². The summed E-state index contributed by atoms with van der Waals surface area (Å²) in [6.07, 6.45) is 3.56. The van der Waals surface area contributed by atoms with Crippen LogP contribution in [-0.4, -0.2) is 54.4 Å². The lowest BCUT2D eigenvalue weighted by atomic mass is 9.80. The van der Waals surface area contributed by atoms with Gasteiger partial charge in [0.05, 0.1) is 11.5 Å². The lowest BCUT2D eigenvalue weighted by molar-refractivity contribution is -0.141. The minimum atomic E-state index is -3.41. The highest BCUT2D eigenvalue weighted by Gasteiger charge is 2.38. The maximum absolute atomic E-state index is 12.6. The minimum Gasteiger partial charge on any atom is -0.480 e. The summed E-state index contributed by atoms with van der Waals surface area (Å²) in [7, 11) is -3.41. The quantitative estimate of drug-likeness (QED) is 0.897. The zero-order valence-corrected chi connectivity index (χ0v) is 13.5. The van der Waals surface area contributed by atoms with Crippen molar-refractivity contribution in [3.63, 3.8) is 0 Å². The van der Waals surface area contributed by atoms with Crippen LogP contribution in [-0.2, 0) is 14.6 Å². The third-order valence-electron chi connectivity index (χ3n) is 4.71.